The van der Waals surface area contributed by atoms with E-state index in [2.05, 4.69) is 17.3 Å². The molecule has 0 aromatic heterocycles. The summed E-state index contributed by atoms with van der Waals surface area (Å²) in [4.78, 5) is 0. The van der Waals surface area contributed by atoms with Crippen molar-refractivity contribution in [3.8, 4) is 0 Å². The minimum Gasteiger partial charge on any atom is -0.317 e. The van der Waals surface area contributed by atoms with E-state index in [-0.39, 0.29) is 0 Å². The lowest BCUT2D eigenvalue weighted by Gasteiger charge is -2.08. The van der Waals surface area contributed by atoms with Crippen molar-refractivity contribution in [3.05, 3.63) is 23.6 Å². The van der Waals surface area contributed by atoms with Crippen LogP contribution in [-0.4, -0.2) is 18.8 Å². The fourth-order valence-electron chi connectivity index (χ4n) is 1.15. The second-order valence-corrected chi connectivity index (χ2v) is 3.98. The van der Waals surface area contributed by atoms with Crippen LogP contribution in [0.15, 0.2) is 23.6 Å². The summed E-state index contributed by atoms with van der Waals surface area (Å²) in [7, 11) is 0. The molecule has 2 aliphatic rings. The Morgan fingerprint density at radius 1 is 1.25 bits per heavy atom. The van der Waals surface area contributed by atoms with Gasteiger partial charge < -0.3 is 5.32 Å². The van der Waals surface area contributed by atoms with E-state index < -0.39 is 0 Å². The van der Waals surface area contributed by atoms with Crippen molar-refractivity contribution in [1.29, 1.82) is 0 Å². The fourth-order valence-corrected chi connectivity index (χ4v) is 1.84. The van der Waals surface area contributed by atoms with Crippen LogP contribution in [0.25, 0.3) is 0 Å². The van der Waals surface area contributed by atoms with E-state index in [0.717, 1.165) is 5.75 Å². The Labute approximate surface area is 79.3 Å². The molecule has 0 radical (unpaired) electrons. The Balaban J connectivity index is 0.000000120. The SMILES string of the molecule is C1CCNCC1.C=C1C=CSC1. The average Bonchev–Trinajstić information content (AvgIpc) is 2.60. The maximum Gasteiger partial charge on any atom is 0.0220 e. The van der Waals surface area contributed by atoms with Crippen molar-refractivity contribution < 1.29 is 0 Å². The highest BCUT2D eigenvalue weighted by molar-refractivity contribution is 8.02. The summed E-state index contributed by atoms with van der Waals surface area (Å²) in [5.41, 5.74) is 1.24. The van der Waals surface area contributed by atoms with Crippen molar-refractivity contribution in [1.82, 2.24) is 5.32 Å². The van der Waals surface area contributed by atoms with Gasteiger partial charge in [-0.25, -0.2) is 0 Å². The van der Waals surface area contributed by atoms with Gasteiger partial charge in [0.25, 0.3) is 0 Å². The highest BCUT2D eigenvalue weighted by Gasteiger charge is 1.93. The molecule has 2 aliphatic heterocycles. The van der Waals surface area contributed by atoms with Gasteiger partial charge in [0.2, 0.25) is 0 Å². The third kappa shape index (κ3) is 4.62. The molecule has 12 heavy (non-hydrogen) atoms. The molecular weight excluding hydrogens is 166 g/mol. The van der Waals surface area contributed by atoms with Crippen LogP contribution >= 0.6 is 11.8 Å². The third-order valence-corrected chi connectivity index (χ3v) is 2.74. The smallest absolute Gasteiger partial charge is 0.0220 e. The van der Waals surface area contributed by atoms with Crippen LogP contribution in [0.3, 0.4) is 0 Å². The van der Waals surface area contributed by atoms with Gasteiger partial charge in [-0.15, -0.1) is 11.8 Å². The first-order valence-corrected chi connectivity index (χ1v) is 5.61. The van der Waals surface area contributed by atoms with E-state index in [0.29, 0.717) is 0 Å². The van der Waals surface area contributed by atoms with Crippen LogP contribution in [-0.2, 0) is 0 Å². The van der Waals surface area contributed by atoms with Gasteiger partial charge in [0.15, 0.2) is 0 Å². The van der Waals surface area contributed by atoms with Crippen LogP contribution in [0, 0.1) is 0 Å². The fraction of sp³-hybridized carbons (Fsp3) is 0.600. The predicted octanol–water partition coefficient (Wildman–Crippen LogP) is 2.56. The first-order valence-electron chi connectivity index (χ1n) is 4.56. The van der Waals surface area contributed by atoms with Crippen molar-refractivity contribution in [2.45, 2.75) is 19.3 Å². The lowest BCUT2D eigenvalue weighted by atomic mass is 10.2. The maximum absolute atomic E-state index is 3.75. The summed E-state index contributed by atoms with van der Waals surface area (Å²) in [5, 5.41) is 5.36. The second-order valence-electron chi connectivity index (χ2n) is 3.08. The van der Waals surface area contributed by atoms with Gasteiger partial charge in [0.05, 0.1) is 0 Å². The molecule has 0 aliphatic carbocycles. The van der Waals surface area contributed by atoms with Crippen molar-refractivity contribution >= 4 is 11.8 Å². The largest absolute Gasteiger partial charge is 0.317 e. The van der Waals surface area contributed by atoms with Crippen LogP contribution in [0.1, 0.15) is 19.3 Å². The molecule has 0 atom stereocenters. The van der Waals surface area contributed by atoms with E-state index in [1.807, 2.05) is 6.08 Å². The van der Waals surface area contributed by atoms with E-state index in [1.165, 1.54) is 37.9 Å². The monoisotopic (exact) mass is 183 g/mol. The summed E-state index contributed by atoms with van der Waals surface area (Å²) in [6.45, 7) is 6.25. The van der Waals surface area contributed by atoms with Gasteiger partial charge in [-0.2, -0.15) is 0 Å². The lowest BCUT2D eigenvalue weighted by Crippen LogP contribution is -2.21. The number of piperidine rings is 1. The van der Waals surface area contributed by atoms with Gasteiger partial charge in [0.1, 0.15) is 0 Å². The molecule has 2 heterocycles. The van der Waals surface area contributed by atoms with E-state index in [4.69, 9.17) is 0 Å². The van der Waals surface area contributed by atoms with Gasteiger partial charge in [0, 0.05) is 5.75 Å². The first-order chi connectivity index (χ1) is 5.89. The Kier molecular flexibility index (Phi) is 5.20. The Bertz CT molecular complexity index is 148. The lowest BCUT2D eigenvalue weighted by molar-refractivity contribution is 0.520. The van der Waals surface area contributed by atoms with Crippen LogP contribution in [0.2, 0.25) is 0 Å². The summed E-state index contributed by atoms with van der Waals surface area (Å²) < 4.78 is 0. The molecule has 0 saturated carbocycles. The van der Waals surface area contributed by atoms with Gasteiger partial charge in [-0.1, -0.05) is 19.1 Å². The zero-order valence-corrected chi connectivity index (χ0v) is 8.33. The predicted molar refractivity (Wildman–Crippen MR) is 57.5 cm³/mol. The topological polar surface area (TPSA) is 12.0 Å². The van der Waals surface area contributed by atoms with E-state index in [9.17, 15) is 0 Å². The molecular formula is C10H17NS. The number of thioether (sulfide) groups is 1. The van der Waals surface area contributed by atoms with Crippen molar-refractivity contribution in [2.75, 3.05) is 18.8 Å². The molecule has 0 unspecified atom stereocenters. The molecule has 0 aromatic carbocycles. The molecule has 1 saturated heterocycles. The summed E-state index contributed by atoms with van der Waals surface area (Å²) in [6, 6.07) is 0. The molecule has 2 rings (SSSR count). The number of rotatable bonds is 0. The molecule has 68 valence electrons. The first kappa shape index (κ1) is 9.87. The maximum atomic E-state index is 3.75. The minimum atomic E-state index is 1.10. The second kappa shape index (κ2) is 6.32. The molecule has 0 amide bonds. The molecule has 0 bridgehead atoms. The van der Waals surface area contributed by atoms with Crippen LogP contribution in [0.5, 0.6) is 0 Å². The average molecular weight is 183 g/mol. The molecule has 2 heteroatoms. The van der Waals surface area contributed by atoms with E-state index in [1.54, 1.807) is 11.8 Å². The Morgan fingerprint density at radius 3 is 2.17 bits per heavy atom. The number of hydrogen-bond donors (Lipinski definition) is 1. The number of hydrogen-bond acceptors (Lipinski definition) is 2. The summed E-state index contributed by atoms with van der Waals surface area (Å²) >= 11 is 1.80. The molecule has 1 nitrogen and oxygen atoms in total. The van der Waals surface area contributed by atoms with Crippen LogP contribution in [0.4, 0.5) is 0 Å². The van der Waals surface area contributed by atoms with E-state index >= 15 is 0 Å². The summed E-state index contributed by atoms with van der Waals surface area (Å²) in [6.07, 6.45) is 6.26. The molecule has 1 N–H and O–H groups in total. The molecule has 0 spiro atoms. The highest BCUT2D eigenvalue weighted by atomic mass is 32.2. The highest BCUT2D eigenvalue weighted by Crippen LogP contribution is 2.16. The van der Waals surface area contributed by atoms with Crippen molar-refractivity contribution in [3.63, 3.8) is 0 Å². The number of allylic oxidation sites excluding steroid dienone is 1. The standard InChI is InChI=1S/C5H11N.C5H6S/c1-2-4-6-5-3-1;1-5-2-3-6-4-5/h6H,1-5H2;2-3H,1,4H2. The molecule has 1 fully saturated rings. The quantitative estimate of drug-likeness (QED) is 0.619. The third-order valence-electron chi connectivity index (χ3n) is 1.88. The van der Waals surface area contributed by atoms with Crippen molar-refractivity contribution in [2.24, 2.45) is 0 Å². The Hall–Kier alpha value is -0.210. The van der Waals surface area contributed by atoms with Gasteiger partial charge in [-0.05, 0) is 36.9 Å². The van der Waals surface area contributed by atoms with Gasteiger partial charge in [-0.3, -0.25) is 0 Å². The normalized spacial score (nSPS) is 21.8. The zero-order valence-electron chi connectivity index (χ0n) is 7.51. The zero-order chi connectivity index (χ0) is 8.65. The van der Waals surface area contributed by atoms with Crippen LogP contribution < -0.4 is 5.32 Å². The minimum absolute atomic E-state index is 1.10. The molecule has 0 aromatic rings. The van der Waals surface area contributed by atoms with Gasteiger partial charge >= 0.3 is 0 Å². The Morgan fingerprint density at radius 2 is 2.00 bits per heavy atom. The number of nitrogens with one attached hydrogen (secondary N) is 1. The summed E-state index contributed by atoms with van der Waals surface area (Å²) in [5.74, 6) is 1.10.